The Morgan fingerprint density at radius 2 is 1.86 bits per heavy atom. The Bertz CT molecular complexity index is 571. The average Bonchev–Trinajstić information content (AvgIpc) is 2.74. The monoisotopic (exact) mass is 404 g/mol. The Morgan fingerprint density at radius 3 is 2.66 bits per heavy atom. The third-order valence-corrected chi connectivity index (χ3v) is 6.07. The first-order chi connectivity index (χ1) is 14.2. The molecule has 1 N–H and O–H groups in total. The van der Waals surface area contributed by atoms with E-state index < -0.39 is 6.10 Å². The van der Waals surface area contributed by atoms with Crippen LogP contribution in [0.1, 0.15) is 56.9 Å². The zero-order valence-corrected chi connectivity index (χ0v) is 18.2. The maximum absolute atomic E-state index is 10.3. The summed E-state index contributed by atoms with van der Waals surface area (Å²) >= 11 is 0. The quantitative estimate of drug-likeness (QED) is 0.609. The van der Waals surface area contributed by atoms with E-state index in [1.807, 2.05) is 13.1 Å². The van der Waals surface area contributed by atoms with Crippen LogP contribution in [0.4, 0.5) is 0 Å². The number of hydrogen-bond donors (Lipinski definition) is 1. The summed E-state index contributed by atoms with van der Waals surface area (Å²) in [5.74, 6) is 0.939. The van der Waals surface area contributed by atoms with Crippen molar-refractivity contribution < 1.29 is 14.6 Å². The van der Waals surface area contributed by atoms with Crippen molar-refractivity contribution in [2.45, 2.75) is 70.1 Å². The largest absolute Gasteiger partial charge is 0.492 e. The normalized spacial score (nSPS) is 20.1. The zero-order chi connectivity index (χ0) is 20.3. The number of nitrogens with zero attached hydrogens (tertiary/aromatic N) is 2. The van der Waals surface area contributed by atoms with E-state index in [1.165, 1.54) is 57.2 Å². The van der Waals surface area contributed by atoms with E-state index in [-0.39, 0.29) is 0 Å². The van der Waals surface area contributed by atoms with Crippen molar-refractivity contribution in [3.05, 3.63) is 29.8 Å². The van der Waals surface area contributed by atoms with E-state index in [0.29, 0.717) is 19.3 Å². The van der Waals surface area contributed by atoms with E-state index in [1.54, 1.807) is 0 Å². The second-order valence-electron chi connectivity index (χ2n) is 8.84. The van der Waals surface area contributed by atoms with Crippen LogP contribution < -0.4 is 4.74 Å². The molecule has 0 spiro atoms. The van der Waals surface area contributed by atoms with Crippen LogP contribution in [0.15, 0.2) is 24.3 Å². The molecule has 29 heavy (non-hydrogen) atoms. The molecular weight excluding hydrogens is 364 g/mol. The molecule has 1 heterocycles. The maximum atomic E-state index is 10.3. The zero-order valence-electron chi connectivity index (χ0n) is 18.2. The number of hydrogen-bond acceptors (Lipinski definition) is 5. The van der Waals surface area contributed by atoms with Crippen LogP contribution in [0.3, 0.4) is 0 Å². The number of likely N-dealkylation sites (N-methyl/N-ethyl adjacent to an activating group) is 1. The van der Waals surface area contributed by atoms with Gasteiger partial charge in [-0.3, -0.25) is 9.80 Å². The second kappa shape index (κ2) is 12.5. The number of benzene rings is 1. The first-order valence-corrected chi connectivity index (χ1v) is 11.6. The molecule has 2 aliphatic rings. The molecule has 1 aromatic rings. The van der Waals surface area contributed by atoms with Gasteiger partial charge in [-0.1, -0.05) is 37.8 Å². The van der Waals surface area contributed by atoms with Crippen LogP contribution in [0.25, 0.3) is 0 Å². The minimum absolute atomic E-state index is 0.350. The topological polar surface area (TPSA) is 45.2 Å². The third-order valence-electron chi connectivity index (χ3n) is 6.07. The maximum Gasteiger partial charge on any atom is 0.119 e. The van der Waals surface area contributed by atoms with Crippen LogP contribution >= 0.6 is 0 Å². The minimum atomic E-state index is -0.439. The van der Waals surface area contributed by atoms with Crippen molar-refractivity contribution in [3.8, 4) is 5.75 Å². The number of aliphatic hydroxyl groups is 1. The first-order valence-electron chi connectivity index (χ1n) is 11.6. The van der Waals surface area contributed by atoms with E-state index in [2.05, 4.69) is 28.0 Å². The Labute approximate surface area is 177 Å². The van der Waals surface area contributed by atoms with Gasteiger partial charge >= 0.3 is 0 Å². The highest BCUT2D eigenvalue weighted by Crippen LogP contribution is 2.20. The van der Waals surface area contributed by atoms with Crippen LogP contribution in [0.5, 0.6) is 5.75 Å². The summed E-state index contributed by atoms with van der Waals surface area (Å²) in [4.78, 5) is 4.65. The molecule has 1 aliphatic heterocycles. The number of rotatable bonds is 11. The molecule has 0 radical (unpaired) electrons. The highest BCUT2D eigenvalue weighted by Gasteiger charge is 2.16. The molecule has 3 rings (SSSR count). The predicted octanol–water partition coefficient (Wildman–Crippen LogP) is 3.69. The van der Waals surface area contributed by atoms with Crippen molar-refractivity contribution in [2.75, 3.05) is 46.4 Å². The summed E-state index contributed by atoms with van der Waals surface area (Å²) in [5.41, 5.74) is 1.21. The van der Waals surface area contributed by atoms with Crippen molar-refractivity contribution in [1.29, 1.82) is 0 Å². The fourth-order valence-corrected chi connectivity index (χ4v) is 4.48. The third kappa shape index (κ3) is 8.63. The molecular formula is C24H40N2O3. The van der Waals surface area contributed by atoms with Gasteiger partial charge in [-0.15, -0.1) is 0 Å². The SMILES string of the molecule is CN(Cc1cccc(OCCN2CCCCC2)c1)C[C@@H](O)COC1CCCCC1. The standard InChI is InChI=1S/C24H40N2O3/c1-25(19-22(27)20-29-23-10-4-2-5-11-23)18-21-9-8-12-24(17-21)28-16-15-26-13-6-3-7-14-26/h8-9,12,17,22-23,27H,2-7,10-11,13-16,18-20H2,1H3/t22-/m1/s1. The van der Waals surface area contributed by atoms with Crippen molar-refractivity contribution >= 4 is 0 Å². The molecule has 1 aliphatic carbocycles. The Hall–Kier alpha value is -1.14. The lowest BCUT2D eigenvalue weighted by molar-refractivity contribution is -0.0319. The average molecular weight is 405 g/mol. The minimum Gasteiger partial charge on any atom is -0.492 e. The lowest BCUT2D eigenvalue weighted by Gasteiger charge is -2.26. The highest BCUT2D eigenvalue weighted by atomic mass is 16.5. The molecule has 1 atom stereocenters. The molecule has 0 aromatic heterocycles. The number of ether oxygens (including phenoxy) is 2. The summed E-state index contributed by atoms with van der Waals surface area (Å²) in [5, 5.41) is 10.3. The van der Waals surface area contributed by atoms with E-state index >= 15 is 0 Å². The highest BCUT2D eigenvalue weighted by molar-refractivity contribution is 5.28. The van der Waals surface area contributed by atoms with Crippen LogP contribution in [0, 0.1) is 0 Å². The molecule has 1 saturated heterocycles. The molecule has 5 heteroatoms. The van der Waals surface area contributed by atoms with Gasteiger partial charge in [0, 0.05) is 19.6 Å². The molecule has 1 saturated carbocycles. The van der Waals surface area contributed by atoms with Gasteiger partial charge < -0.3 is 14.6 Å². The van der Waals surface area contributed by atoms with Crippen LogP contribution in [-0.2, 0) is 11.3 Å². The fraction of sp³-hybridized carbons (Fsp3) is 0.750. The summed E-state index contributed by atoms with van der Waals surface area (Å²) in [6.07, 6.45) is 10.1. The lowest BCUT2D eigenvalue weighted by atomic mass is 9.98. The van der Waals surface area contributed by atoms with Gasteiger partial charge in [0.05, 0.1) is 18.8 Å². The fourth-order valence-electron chi connectivity index (χ4n) is 4.48. The molecule has 2 fully saturated rings. The second-order valence-corrected chi connectivity index (χ2v) is 8.84. The summed E-state index contributed by atoms with van der Waals surface area (Å²) < 4.78 is 11.9. The van der Waals surface area contributed by atoms with Gasteiger partial charge in [-0.05, 0) is 63.5 Å². The Balaban J connectivity index is 1.34. The van der Waals surface area contributed by atoms with Gasteiger partial charge in [0.25, 0.3) is 0 Å². The van der Waals surface area contributed by atoms with E-state index in [9.17, 15) is 5.11 Å². The van der Waals surface area contributed by atoms with E-state index in [0.717, 1.165) is 38.3 Å². The number of piperidine rings is 1. The molecule has 0 amide bonds. The van der Waals surface area contributed by atoms with Crippen molar-refractivity contribution in [2.24, 2.45) is 0 Å². The van der Waals surface area contributed by atoms with Gasteiger partial charge in [0.1, 0.15) is 12.4 Å². The van der Waals surface area contributed by atoms with Crippen molar-refractivity contribution in [1.82, 2.24) is 9.80 Å². The smallest absolute Gasteiger partial charge is 0.119 e. The van der Waals surface area contributed by atoms with Gasteiger partial charge in [0.15, 0.2) is 0 Å². The molecule has 1 aromatic carbocycles. The van der Waals surface area contributed by atoms with Crippen LogP contribution in [0.2, 0.25) is 0 Å². The molecule has 5 nitrogen and oxygen atoms in total. The van der Waals surface area contributed by atoms with Gasteiger partial charge in [-0.25, -0.2) is 0 Å². The lowest BCUT2D eigenvalue weighted by Crippen LogP contribution is -2.33. The predicted molar refractivity (Wildman–Crippen MR) is 117 cm³/mol. The van der Waals surface area contributed by atoms with E-state index in [4.69, 9.17) is 9.47 Å². The Kier molecular flexibility index (Phi) is 9.74. The summed E-state index contributed by atoms with van der Waals surface area (Å²) in [7, 11) is 2.05. The Morgan fingerprint density at radius 1 is 1.10 bits per heavy atom. The van der Waals surface area contributed by atoms with Gasteiger partial charge in [-0.2, -0.15) is 0 Å². The first kappa shape index (κ1) is 22.5. The van der Waals surface area contributed by atoms with Crippen LogP contribution in [-0.4, -0.2) is 73.6 Å². The molecule has 0 unspecified atom stereocenters. The number of likely N-dealkylation sites (tertiary alicyclic amines) is 1. The van der Waals surface area contributed by atoms with Gasteiger partial charge in [0.2, 0.25) is 0 Å². The summed E-state index contributed by atoms with van der Waals surface area (Å²) in [6.45, 7) is 6.03. The number of aliphatic hydroxyl groups excluding tert-OH is 1. The summed E-state index contributed by atoms with van der Waals surface area (Å²) in [6, 6.07) is 8.34. The van der Waals surface area contributed by atoms with Crippen molar-refractivity contribution in [3.63, 3.8) is 0 Å². The molecule has 0 bridgehead atoms. The molecule has 164 valence electrons.